The third kappa shape index (κ3) is 5.27. The van der Waals surface area contributed by atoms with Gasteiger partial charge in [0.15, 0.2) is 5.92 Å². The number of hydrogen-bond donors (Lipinski definition) is 0. The maximum absolute atomic E-state index is 12.1. The number of esters is 2. The molecule has 0 N–H and O–H groups in total. The van der Waals surface area contributed by atoms with Gasteiger partial charge in [-0.3, -0.25) is 9.59 Å². The lowest BCUT2D eigenvalue weighted by Gasteiger charge is -2.31. The summed E-state index contributed by atoms with van der Waals surface area (Å²) in [5, 5.41) is 0. The van der Waals surface area contributed by atoms with E-state index in [9.17, 15) is 9.59 Å². The van der Waals surface area contributed by atoms with Crippen LogP contribution in [-0.2, 0) is 19.1 Å². The number of hydrogen-bond acceptors (Lipinski definition) is 5. The van der Waals surface area contributed by atoms with Crippen molar-refractivity contribution in [2.75, 3.05) is 25.2 Å². The van der Waals surface area contributed by atoms with Crippen LogP contribution in [0, 0.1) is 11.3 Å². The van der Waals surface area contributed by atoms with Gasteiger partial charge in [0.25, 0.3) is 0 Å². The summed E-state index contributed by atoms with van der Waals surface area (Å²) in [6.45, 7) is 9.52. The SMILES string of the molecule is C=CC(C)(CCSC)C(C(=O)OCC)C(=O)OCC. The molecule has 0 fully saturated rings. The van der Waals surface area contributed by atoms with E-state index in [1.807, 2.05) is 13.2 Å². The molecular weight excluding hydrogens is 264 g/mol. The molecule has 0 saturated heterocycles. The average Bonchev–Trinajstić information content (AvgIpc) is 2.37. The number of allylic oxidation sites excluding steroid dienone is 1. The minimum atomic E-state index is -0.947. The van der Waals surface area contributed by atoms with Crippen molar-refractivity contribution in [3.05, 3.63) is 12.7 Å². The second-order valence-corrected chi connectivity index (χ2v) is 5.38. The summed E-state index contributed by atoms with van der Waals surface area (Å²) < 4.78 is 10.0. The molecule has 110 valence electrons. The fourth-order valence-electron chi connectivity index (χ4n) is 1.77. The van der Waals surface area contributed by atoms with Gasteiger partial charge < -0.3 is 9.47 Å². The van der Waals surface area contributed by atoms with Crippen LogP contribution in [0.5, 0.6) is 0 Å². The van der Waals surface area contributed by atoms with E-state index in [1.165, 1.54) is 0 Å². The summed E-state index contributed by atoms with van der Waals surface area (Å²) in [7, 11) is 0. The van der Waals surface area contributed by atoms with Crippen molar-refractivity contribution >= 4 is 23.7 Å². The first-order chi connectivity index (χ1) is 8.96. The van der Waals surface area contributed by atoms with Crippen LogP contribution >= 0.6 is 11.8 Å². The minimum absolute atomic E-state index is 0.241. The third-order valence-electron chi connectivity index (χ3n) is 3.02. The maximum atomic E-state index is 12.1. The Morgan fingerprint density at radius 1 is 1.26 bits per heavy atom. The molecule has 0 aliphatic heterocycles. The van der Waals surface area contributed by atoms with Crippen molar-refractivity contribution in [3.8, 4) is 0 Å². The highest BCUT2D eigenvalue weighted by molar-refractivity contribution is 7.98. The Balaban J connectivity index is 5.21. The van der Waals surface area contributed by atoms with E-state index in [0.717, 1.165) is 5.75 Å². The van der Waals surface area contributed by atoms with Gasteiger partial charge in [0.2, 0.25) is 0 Å². The predicted molar refractivity (Wildman–Crippen MR) is 78.1 cm³/mol. The first-order valence-electron chi connectivity index (χ1n) is 6.42. The lowest BCUT2D eigenvalue weighted by molar-refractivity contribution is -0.166. The molecule has 0 heterocycles. The molecule has 0 aliphatic rings. The molecule has 5 heteroatoms. The van der Waals surface area contributed by atoms with Crippen molar-refractivity contribution < 1.29 is 19.1 Å². The molecule has 4 nitrogen and oxygen atoms in total. The van der Waals surface area contributed by atoms with Crippen molar-refractivity contribution in [3.63, 3.8) is 0 Å². The number of rotatable bonds is 9. The van der Waals surface area contributed by atoms with Crippen molar-refractivity contribution in [1.82, 2.24) is 0 Å². The molecular formula is C14H24O4S. The van der Waals surface area contributed by atoms with Crippen LogP contribution in [0.1, 0.15) is 27.2 Å². The average molecular weight is 288 g/mol. The smallest absolute Gasteiger partial charge is 0.321 e. The monoisotopic (exact) mass is 288 g/mol. The zero-order valence-electron chi connectivity index (χ0n) is 12.2. The number of carbonyl (C=O) groups is 2. The topological polar surface area (TPSA) is 52.6 Å². The molecule has 0 amide bonds. The van der Waals surface area contributed by atoms with Crippen LogP contribution in [-0.4, -0.2) is 37.2 Å². The van der Waals surface area contributed by atoms with Gasteiger partial charge in [0, 0.05) is 5.41 Å². The Labute approximate surface area is 119 Å². The van der Waals surface area contributed by atoms with E-state index in [0.29, 0.717) is 6.42 Å². The van der Waals surface area contributed by atoms with Gasteiger partial charge in [-0.2, -0.15) is 11.8 Å². The molecule has 0 aromatic carbocycles. The van der Waals surface area contributed by atoms with E-state index >= 15 is 0 Å². The standard InChI is InChI=1S/C14H24O4S/c1-6-14(4,9-10-19-5)11(12(15)17-7-2)13(16)18-8-3/h6,11H,1,7-10H2,2-5H3. The molecule has 0 aromatic rings. The summed E-state index contributed by atoms with van der Waals surface area (Å²) in [6.07, 6.45) is 4.30. The molecule has 0 spiro atoms. The largest absolute Gasteiger partial charge is 0.465 e. The lowest BCUT2D eigenvalue weighted by Crippen LogP contribution is -2.40. The van der Waals surface area contributed by atoms with Crippen molar-refractivity contribution in [2.24, 2.45) is 11.3 Å². The summed E-state index contributed by atoms with van der Waals surface area (Å²) in [5.41, 5.74) is -0.651. The van der Waals surface area contributed by atoms with Gasteiger partial charge in [0.05, 0.1) is 13.2 Å². The van der Waals surface area contributed by atoms with Crippen LogP contribution in [0.4, 0.5) is 0 Å². The highest BCUT2D eigenvalue weighted by atomic mass is 32.2. The molecule has 1 atom stereocenters. The minimum Gasteiger partial charge on any atom is -0.465 e. The van der Waals surface area contributed by atoms with Crippen LogP contribution in [0.2, 0.25) is 0 Å². The van der Waals surface area contributed by atoms with Gasteiger partial charge in [-0.1, -0.05) is 13.0 Å². The number of ether oxygens (including phenoxy) is 2. The summed E-state index contributed by atoms with van der Waals surface area (Å²) in [6, 6.07) is 0. The number of thioether (sulfide) groups is 1. The normalized spacial score (nSPS) is 13.7. The Hall–Kier alpha value is -0.970. The Bertz CT molecular complexity index is 299. The first-order valence-corrected chi connectivity index (χ1v) is 7.82. The maximum Gasteiger partial charge on any atom is 0.321 e. The number of carbonyl (C=O) groups excluding carboxylic acids is 2. The van der Waals surface area contributed by atoms with E-state index < -0.39 is 23.3 Å². The fourth-order valence-corrected chi connectivity index (χ4v) is 2.42. The van der Waals surface area contributed by atoms with Crippen LogP contribution < -0.4 is 0 Å². The highest BCUT2D eigenvalue weighted by Gasteiger charge is 2.44. The van der Waals surface area contributed by atoms with Crippen LogP contribution in [0.15, 0.2) is 12.7 Å². The zero-order chi connectivity index (χ0) is 14.9. The van der Waals surface area contributed by atoms with E-state index in [4.69, 9.17) is 9.47 Å². The summed E-state index contributed by atoms with van der Waals surface area (Å²) in [5.74, 6) is -1.19. The van der Waals surface area contributed by atoms with Gasteiger partial charge in [-0.15, -0.1) is 6.58 Å². The lowest BCUT2D eigenvalue weighted by atomic mass is 9.75. The quantitative estimate of drug-likeness (QED) is 0.371. The molecule has 0 bridgehead atoms. The van der Waals surface area contributed by atoms with Crippen LogP contribution in [0.25, 0.3) is 0 Å². The van der Waals surface area contributed by atoms with E-state index in [1.54, 1.807) is 31.7 Å². The van der Waals surface area contributed by atoms with E-state index in [-0.39, 0.29) is 13.2 Å². The van der Waals surface area contributed by atoms with E-state index in [2.05, 4.69) is 6.58 Å². The molecule has 19 heavy (non-hydrogen) atoms. The predicted octanol–water partition coefficient (Wildman–Crippen LogP) is 2.67. The second-order valence-electron chi connectivity index (χ2n) is 4.39. The van der Waals surface area contributed by atoms with Crippen molar-refractivity contribution in [1.29, 1.82) is 0 Å². The Morgan fingerprint density at radius 2 is 1.74 bits per heavy atom. The van der Waals surface area contributed by atoms with Crippen LogP contribution in [0.3, 0.4) is 0 Å². The molecule has 0 saturated carbocycles. The second kappa shape index (κ2) is 9.02. The molecule has 0 aliphatic carbocycles. The Morgan fingerprint density at radius 3 is 2.05 bits per heavy atom. The molecule has 1 unspecified atom stereocenters. The van der Waals surface area contributed by atoms with Gasteiger partial charge in [0.1, 0.15) is 0 Å². The van der Waals surface area contributed by atoms with Gasteiger partial charge >= 0.3 is 11.9 Å². The van der Waals surface area contributed by atoms with Gasteiger partial charge in [-0.05, 0) is 32.3 Å². The highest BCUT2D eigenvalue weighted by Crippen LogP contribution is 2.35. The fraction of sp³-hybridized carbons (Fsp3) is 0.714. The first kappa shape index (κ1) is 18.0. The third-order valence-corrected chi connectivity index (χ3v) is 3.63. The zero-order valence-corrected chi connectivity index (χ0v) is 13.0. The summed E-state index contributed by atoms with van der Waals surface area (Å²) >= 11 is 1.66. The Kier molecular flexibility index (Phi) is 8.56. The van der Waals surface area contributed by atoms with Gasteiger partial charge in [-0.25, -0.2) is 0 Å². The molecule has 0 aromatic heterocycles. The molecule has 0 rings (SSSR count). The molecule has 0 radical (unpaired) electrons. The van der Waals surface area contributed by atoms with Crippen molar-refractivity contribution in [2.45, 2.75) is 27.2 Å². The summed E-state index contributed by atoms with van der Waals surface area (Å²) in [4.78, 5) is 24.1.